The molecule has 1 N–H and O–H groups in total. The number of carbonyl (C=O) groups excluding carboxylic acids is 1. The Kier molecular flexibility index (Phi) is 5.33. The van der Waals surface area contributed by atoms with E-state index >= 15 is 0 Å². The summed E-state index contributed by atoms with van der Waals surface area (Å²) in [5.41, 5.74) is 0.508. The van der Waals surface area contributed by atoms with Gasteiger partial charge in [0, 0.05) is 18.0 Å². The Morgan fingerprint density at radius 1 is 1.15 bits per heavy atom. The van der Waals surface area contributed by atoms with E-state index in [0.717, 1.165) is 12.1 Å². The smallest absolute Gasteiger partial charge is 0.232 e. The molecule has 1 aromatic carbocycles. The first-order valence-electron chi connectivity index (χ1n) is 7.91. The maximum absolute atomic E-state index is 14.0. The highest BCUT2D eigenvalue weighted by molar-refractivity contribution is 7.92. The van der Waals surface area contributed by atoms with Crippen molar-refractivity contribution < 1.29 is 17.6 Å². The van der Waals surface area contributed by atoms with E-state index in [0.29, 0.717) is 17.5 Å². The number of aromatic nitrogens is 3. The molecule has 0 radical (unpaired) electrons. The van der Waals surface area contributed by atoms with Gasteiger partial charge in [-0.3, -0.25) is 24.5 Å². The molecule has 0 atom stereocenters. The first-order valence-corrected chi connectivity index (χ1v) is 9.95. The standard InChI is InChI=1S/C17H14ClFN4O3S/c1-2-5-27(25,26)23-13-7-10(19)6-11(16(13)18)17(24)14-8-12-15(9-22-14)21-4-3-20-12/h3-4,6-9,23H,2,5H2,1H3. The van der Waals surface area contributed by atoms with E-state index in [1.807, 2.05) is 0 Å². The van der Waals surface area contributed by atoms with Crippen LogP contribution >= 0.6 is 11.6 Å². The zero-order chi connectivity index (χ0) is 19.6. The van der Waals surface area contributed by atoms with Crippen molar-refractivity contribution in [3.8, 4) is 0 Å². The van der Waals surface area contributed by atoms with E-state index < -0.39 is 21.6 Å². The summed E-state index contributed by atoms with van der Waals surface area (Å²) in [7, 11) is -3.71. The van der Waals surface area contributed by atoms with E-state index in [9.17, 15) is 17.6 Å². The van der Waals surface area contributed by atoms with Gasteiger partial charge in [0.2, 0.25) is 15.8 Å². The van der Waals surface area contributed by atoms with Crippen molar-refractivity contribution in [3.05, 3.63) is 58.9 Å². The first-order chi connectivity index (χ1) is 12.8. The Hall–Kier alpha value is -2.65. The lowest BCUT2D eigenvalue weighted by atomic mass is 10.1. The quantitative estimate of drug-likeness (QED) is 0.628. The Labute approximate surface area is 159 Å². The van der Waals surface area contributed by atoms with Crippen molar-refractivity contribution in [1.82, 2.24) is 15.0 Å². The molecule has 2 aromatic heterocycles. The molecule has 140 valence electrons. The van der Waals surface area contributed by atoms with Crippen LogP contribution in [0.2, 0.25) is 5.02 Å². The summed E-state index contributed by atoms with van der Waals surface area (Å²) in [6, 6.07) is 3.27. The first kappa shape index (κ1) is 19.1. The molecule has 0 aliphatic heterocycles. The predicted molar refractivity (Wildman–Crippen MR) is 99.9 cm³/mol. The molecule has 0 saturated heterocycles. The van der Waals surface area contributed by atoms with Crippen LogP contribution in [0.4, 0.5) is 10.1 Å². The molecule has 27 heavy (non-hydrogen) atoms. The highest BCUT2D eigenvalue weighted by Gasteiger charge is 2.21. The van der Waals surface area contributed by atoms with Gasteiger partial charge >= 0.3 is 0 Å². The van der Waals surface area contributed by atoms with Gasteiger partial charge in [0.05, 0.1) is 28.2 Å². The minimum absolute atomic E-state index is 0.0159. The lowest BCUT2D eigenvalue weighted by molar-refractivity contribution is 0.103. The summed E-state index contributed by atoms with van der Waals surface area (Å²) in [5.74, 6) is -1.63. The number of nitrogens with zero attached hydrogens (tertiary/aromatic N) is 3. The van der Waals surface area contributed by atoms with Crippen molar-refractivity contribution in [2.24, 2.45) is 0 Å². The molecular weight excluding hydrogens is 395 g/mol. The van der Waals surface area contributed by atoms with Crippen LogP contribution in [-0.2, 0) is 10.0 Å². The molecule has 0 aliphatic rings. The van der Waals surface area contributed by atoms with Crippen molar-refractivity contribution in [3.63, 3.8) is 0 Å². The molecule has 0 amide bonds. The van der Waals surface area contributed by atoms with Crippen LogP contribution in [0.5, 0.6) is 0 Å². The summed E-state index contributed by atoms with van der Waals surface area (Å²) < 4.78 is 40.1. The number of rotatable bonds is 6. The van der Waals surface area contributed by atoms with Crippen LogP contribution in [0.15, 0.2) is 36.8 Å². The Morgan fingerprint density at radius 3 is 2.56 bits per heavy atom. The van der Waals surface area contributed by atoms with Crippen LogP contribution < -0.4 is 4.72 Å². The van der Waals surface area contributed by atoms with Gasteiger partial charge in [0.15, 0.2) is 0 Å². The van der Waals surface area contributed by atoms with E-state index in [-0.39, 0.29) is 27.7 Å². The number of anilines is 1. The third-order valence-electron chi connectivity index (χ3n) is 3.61. The monoisotopic (exact) mass is 408 g/mol. The van der Waals surface area contributed by atoms with Crippen LogP contribution in [0.1, 0.15) is 29.4 Å². The highest BCUT2D eigenvalue weighted by Crippen LogP contribution is 2.30. The predicted octanol–water partition coefficient (Wildman–Crippen LogP) is 3.20. The third kappa shape index (κ3) is 4.20. The van der Waals surface area contributed by atoms with Crippen molar-refractivity contribution >= 4 is 44.1 Å². The van der Waals surface area contributed by atoms with Gasteiger partial charge in [0.25, 0.3) is 0 Å². The number of halogens is 2. The molecule has 0 bridgehead atoms. The Morgan fingerprint density at radius 2 is 1.85 bits per heavy atom. The van der Waals surface area contributed by atoms with E-state index in [2.05, 4.69) is 19.7 Å². The van der Waals surface area contributed by atoms with Crippen molar-refractivity contribution in [2.75, 3.05) is 10.5 Å². The fraction of sp³-hybridized carbons (Fsp3) is 0.176. The fourth-order valence-electron chi connectivity index (χ4n) is 2.45. The largest absolute Gasteiger partial charge is 0.287 e. The summed E-state index contributed by atoms with van der Waals surface area (Å²) in [5, 5.41) is -0.206. The van der Waals surface area contributed by atoms with Crippen LogP contribution in [-0.4, -0.2) is 34.9 Å². The Balaban J connectivity index is 2.03. The SMILES string of the molecule is CCCS(=O)(=O)Nc1cc(F)cc(C(=O)c2cc3nccnc3cn2)c1Cl. The van der Waals surface area contributed by atoms with E-state index in [1.165, 1.54) is 24.7 Å². The lowest BCUT2D eigenvalue weighted by Gasteiger charge is -2.12. The normalized spacial score (nSPS) is 11.5. The van der Waals surface area contributed by atoms with Gasteiger partial charge in [-0.2, -0.15) is 0 Å². The van der Waals surface area contributed by atoms with Gasteiger partial charge in [-0.1, -0.05) is 18.5 Å². The molecular formula is C17H14ClFN4O3S. The van der Waals surface area contributed by atoms with Crippen molar-refractivity contribution in [2.45, 2.75) is 13.3 Å². The number of pyridine rings is 1. The van der Waals surface area contributed by atoms with Gasteiger partial charge < -0.3 is 0 Å². The molecule has 2 heterocycles. The summed E-state index contributed by atoms with van der Waals surface area (Å²) in [6.45, 7) is 1.69. The fourth-order valence-corrected chi connectivity index (χ4v) is 3.88. The minimum atomic E-state index is -3.71. The molecule has 0 unspecified atom stereocenters. The number of carbonyl (C=O) groups is 1. The number of fused-ring (bicyclic) bond motifs is 1. The average molecular weight is 409 g/mol. The average Bonchev–Trinajstić information content (AvgIpc) is 2.63. The Bertz CT molecular complexity index is 1140. The maximum Gasteiger partial charge on any atom is 0.232 e. The number of nitrogens with one attached hydrogen (secondary N) is 1. The molecule has 0 fully saturated rings. The summed E-state index contributed by atoms with van der Waals surface area (Å²) in [6.07, 6.45) is 4.69. The summed E-state index contributed by atoms with van der Waals surface area (Å²) >= 11 is 6.18. The van der Waals surface area contributed by atoms with Crippen LogP contribution in [0, 0.1) is 5.82 Å². The second kappa shape index (κ2) is 7.53. The summed E-state index contributed by atoms with van der Waals surface area (Å²) in [4.78, 5) is 24.9. The lowest BCUT2D eigenvalue weighted by Crippen LogP contribution is -2.17. The number of hydrogen-bond acceptors (Lipinski definition) is 6. The number of sulfonamides is 1. The van der Waals surface area contributed by atoms with E-state index in [1.54, 1.807) is 6.92 Å². The van der Waals surface area contributed by atoms with Crippen LogP contribution in [0.3, 0.4) is 0 Å². The number of benzene rings is 1. The minimum Gasteiger partial charge on any atom is -0.287 e. The zero-order valence-electron chi connectivity index (χ0n) is 14.1. The second-order valence-electron chi connectivity index (χ2n) is 5.68. The van der Waals surface area contributed by atoms with Gasteiger partial charge in [-0.25, -0.2) is 12.8 Å². The van der Waals surface area contributed by atoms with Crippen molar-refractivity contribution in [1.29, 1.82) is 0 Å². The molecule has 0 aliphatic carbocycles. The molecule has 3 aromatic rings. The molecule has 3 rings (SSSR count). The molecule has 7 nitrogen and oxygen atoms in total. The van der Waals surface area contributed by atoms with Gasteiger partial charge in [-0.15, -0.1) is 0 Å². The number of hydrogen-bond donors (Lipinski definition) is 1. The van der Waals surface area contributed by atoms with Gasteiger partial charge in [-0.05, 0) is 24.6 Å². The highest BCUT2D eigenvalue weighted by atomic mass is 35.5. The topological polar surface area (TPSA) is 102 Å². The van der Waals surface area contributed by atoms with Crippen LogP contribution in [0.25, 0.3) is 11.0 Å². The molecule has 0 spiro atoms. The molecule has 0 saturated carbocycles. The van der Waals surface area contributed by atoms with E-state index in [4.69, 9.17) is 11.6 Å². The maximum atomic E-state index is 14.0. The second-order valence-corrected chi connectivity index (χ2v) is 7.90. The zero-order valence-corrected chi connectivity index (χ0v) is 15.7. The van der Waals surface area contributed by atoms with Gasteiger partial charge in [0.1, 0.15) is 17.0 Å². The molecule has 10 heteroatoms. The third-order valence-corrected chi connectivity index (χ3v) is 5.49. The number of ketones is 1.